The quantitative estimate of drug-likeness (QED) is 0.739. The van der Waals surface area contributed by atoms with Gasteiger partial charge in [-0.1, -0.05) is 0 Å². The fourth-order valence-corrected chi connectivity index (χ4v) is 2.61. The van der Waals surface area contributed by atoms with E-state index in [2.05, 4.69) is 14.5 Å². The van der Waals surface area contributed by atoms with E-state index in [4.69, 9.17) is 11.6 Å². The van der Waals surface area contributed by atoms with Gasteiger partial charge in [0.05, 0.1) is 0 Å². The number of hydrogen-bond donors (Lipinski definition) is 0. The molecular formula is C11H18ClN3. The number of aryl methyl sites for hydroxylation is 1. The summed E-state index contributed by atoms with van der Waals surface area (Å²) in [6, 6.07) is 0. The summed E-state index contributed by atoms with van der Waals surface area (Å²) < 4.78 is 2.09. The summed E-state index contributed by atoms with van der Waals surface area (Å²) in [6.45, 7) is 2.24. The number of halogens is 1. The highest BCUT2D eigenvalue weighted by Gasteiger charge is 2.21. The van der Waals surface area contributed by atoms with Crippen LogP contribution in [0.5, 0.6) is 0 Å². The van der Waals surface area contributed by atoms with Crippen molar-refractivity contribution in [2.75, 3.05) is 23.9 Å². The van der Waals surface area contributed by atoms with E-state index in [1.807, 2.05) is 19.4 Å². The van der Waals surface area contributed by atoms with Crippen LogP contribution in [0, 0.1) is 5.92 Å². The van der Waals surface area contributed by atoms with Gasteiger partial charge < -0.3 is 9.47 Å². The molecule has 1 saturated heterocycles. The Morgan fingerprint density at radius 3 is 3.13 bits per heavy atom. The Kier molecular flexibility index (Phi) is 3.52. The van der Waals surface area contributed by atoms with Gasteiger partial charge in [-0.15, -0.1) is 11.6 Å². The molecule has 2 heterocycles. The van der Waals surface area contributed by atoms with E-state index in [1.54, 1.807) is 0 Å². The lowest BCUT2D eigenvalue weighted by molar-refractivity contribution is 0.401. The van der Waals surface area contributed by atoms with Crippen molar-refractivity contribution >= 4 is 17.5 Å². The molecule has 15 heavy (non-hydrogen) atoms. The molecule has 0 N–H and O–H groups in total. The van der Waals surface area contributed by atoms with E-state index in [-0.39, 0.29) is 0 Å². The predicted molar refractivity (Wildman–Crippen MR) is 63.5 cm³/mol. The highest BCUT2D eigenvalue weighted by atomic mass is 35.5. The van der Waals surface area contributed by atoms with Gasteiger partial charge in [-0.05, 0) is 25.2 Å². The van der Waals surface area contributed by atoms with Crippen LogP contribution < -0.4 is 4.90 Å². The van der Waals surface area contributed by atoms with Crippen LogP contribution >= 0.6 is 11.6 Å². The molecule has 0 saturated carbocycles. The first-order chi connectivity index (χ1) is 7.31. The molecule has 0 aromatic carbocycles. The van der Waals surface area contributed by atoms with Gasteiger partial charge in [0.25, 0.3) is 0 Å². The van der Waals surface area contributed by atoms with Gasteiger partial charge in [-0.3, -0.25) is 0 Å². The lowest BCUT2D eigenvalue weighted by atomic mass is 9.96. The molecule has 1 aromatic heterocycles. The predicted octanol–water partition coefficient (Wildman–Crippen LogP) is 2.27. The van der Waals surface area contributed by atoms with Crippen molar-refractivity contribution in [1.29, 1.82) is 0 Å². The smallest absolute Gasteiger partial charge is 0.205 e. The molecule has 0 spiro atoms. The Hall–Kier alpha value is -0.700. The Bertz CT molecular complexity index is 309. The number of hydrogen-bond acceptors (Lipinski definition) is 2. The number of anilines is 1. The fraction of sp³-hybridized carbons (Fsp3) is 0.727. The summed E-state index contributed by atoms with van der Waals surface area (Å²) in [7, 11) is 2.05. The zero-order chi connectivity index (χ0) is 10.7. The molecule has 3 nitrogen and oxygen atoms in total. The Balaban J connectivity index is 2.01. The normalized spacial score (nSPS) is 22.0. The molecule has 1 atom stereocenters. The molecule has 84 valence electrons. The van der Waals surface area contributed by atoms with Crippen LogP contribution in [0.2, 0.25) is 0 Å². The molecule has 0 aliphatic carbocycles. The Labute approximate surface area is 96.0 Å². The average Bonchev–Trinajstić information content (AvgIpc) is 2.65. The Morgan fingerprint density at radius 1 is 1.60 bits per heavy atom. The zero-order valence-corrected chi connectivity index (χ0v) is 9.95. The maximum Gasteiger partial charge on any atom is 0.205 e. The molecule has 0 amide bonds. The first-order valence-corrected chi connectivity index (χ1v) is 6.13. The number of imidazole rings is 1. The van der Waals surface area contributed by atoms with Crippen LogP contribution in [-0.4, -0.2) is 28.5 Å². The number of piperidine rings is 1. The molecule has 1 unspecified atom stereocenters. The van der Waals surface area contributed by atoms with Gasteiger partial charge in [0.15, 0.2) is 0 Å². The van der Waals surface area contributed by atoms with E-state index in [0.29, 0.717) is 0 Å². The van der Waals surface area contributed by atoms with E-state index >= 15 is 0 Å². The number of nitrogens with zero attached hydrogens (tertiary/aromatic N) is 3. The van der Waals surface area contributed by atoms with Crippen molar-refractivity contribution in [3.8, 4) is 0 Å². The van der Waals surface area contributed by atoms with E-state index < -0.39 is 0 Å². The lowest BCUT2D eigenvalue weighted by Gasteiger charge is -2.33. The highest BCUT2D eigenvalue weighted by Crippen LogP contribution is 2.23. The van der Waals surface area contributed by atoms with Crippen LogP contribution in [0.15, 0.2) is 12.4 Å². The number of aromatic nitrogens is 2. The number of alkyl halides is 1. The summed E-state index contributed by atoms with van der Waals surface area (Å²) in [5, 5.41) is 0. The van der Waals surface area contributed by atoms with Gasteiger partial charge in [0.1, 0.15) is 0 Å². The maximum atomic E-state index is 5.80. The minimum absolute atomic E-state index is 0.743. The molecule has 1 aromatic rings. The molecule has 2 rings (SSSR count). The first-order valence-electron chi connectivity index (χ1n) is 5.59. The molecule has 1 fully saturated rings. The van der Waals surface area contributed by atoms with Crippen molar-refractivity contribution in [2.45, 2.75) is 19.3 Å². The third-order valence-electron chi connectivity index (χ3n) is 3.11. The summed E-state index contributed by atoms with van der Waals surface area (Å²) in [5.74, 6) is 2.61. The van der Waals surface area contributed by atoms with Crippen molar-refractivity contribution in [1.82, 2.24) is 9.55 Å². The second kappa shape index (κ2) is 4.88. The second-order valence-corrected chi connectivity index (χ2v) is 4.65. The SMILES string of the molecule is Cn1ccnc1N1CCCC(CCCl)C1. The molecule has 4 heteroatoms. The average molecular weight is 228 g/mol. The molecule has 1 aliphatic heterocycles. The van der Waals surface area contributed by atoms with Crippen LogP contribution in [-0.2, 0) is 7.05 Å². The van der Waals surface area contributed by atoms with Crippen LogP contribution in [0.25, 0.3) is 0 Å². The van der Waals surface area contributed by atoms with E-state index in [1.165, 1.54) is 12.8 Å². The fourth-order valence-electron chi connectivity index (χ4n) is 2.30. The minimum atomic E-state index is 0.743. The zero-order valence-electron chi connectivity index (χ0n) is 9.19. The highest BCUT2D eigenvalue weighted by molar-refractivity contribution is 6.17. The monoisotopic (exact) mass is 227 g/mol. The van der Waals surface area contributed by atoms with E-state index in [9.17, 15) is 0 Å². The van der Waals surface area contributed by atoms with Gasteiger partial charge in [-0.25, -0.2) is 4.98 Å². The molecule has 1 aliphatic rings. The van der Waals surface area contributed by atoms with Crippen molar-refractivity contribution in [2.24, 2.45) is 13.0 Å². The topological polar surface area (TPSA) is 21.1 Å². The van der Waals surface area contributed by atoms with Gasteiger partial charge in [0, 0.05) is 38.4 Å². The molecule has 0 radical (unpaired) electrons. The molecule has 0 bridgehead atoms. The third kappa shape index (κ3) is 2.46. The van der Waals surface area contributed by atoms with Crippen LogP contribution in [0.3, 0.4) is 0 Å². The maximum absolute atomic E-state index is 5.80. The van der Waals surface area contributed by atoms with Gasteiger partial charge in [0.2, 0.25) is 5.95 Å². The molecular weight excluding hydrogens is 210 g/mol. The lowest BCUT2D eigenvalue weighted by Crippen LogP contribution is -2.37. The minimum Gasteiger partial charge on any atom is -0.342 e. The standard InChI is InChI=1S/C11H18ClN3/c1-14-8-6-13-11(14)15-7-2-3-10(9-15)4-5-12/h6,8,10H,2-5,7,9H2,1H3. The van der Waals surface area contributed by atoms with Crippen LogP contribution in [0.4, 0.5) is 5.95 Å². The van der Waals surface area contributed by atoms with Crippen molar-refractivity contribution < 1.29 is 0 Å². The Morgan fingerprint density at radius 2 is 2.47 bits per heavy atom. The van der Waals surface area contributed by atoms with Gasteiger partial charge >= 0.3 is 0 Å². The first kappa shape index (κ1) is 10.8. The summed E-state index contributed by atoms with van der Waals surface area (Å²) in [6.07, 6.45) is 7.56. The van der Waals surface area contributed by atoms with Crippen molar-refractivity contribution in [3.05, 3.63) is 12.4 Å². The van der Waals surface area contributed by atoms with Crippen molar-refractivity contribution in [3.63, 3.8) is 0 Å². The largest absolute Gasteiger partial charge is 0.342 e. The second-order valence-electron chi connectivity index (χ2n) is 4.27. The summed E-state index contributed by atoms with van der Waals surface area (Å²) in [5.41, 5.74) is 0. The van der Waals surface area contributed by atoms with Gasteiger partial charge in [-0.2, -0.15) is 0 Å². The summed E-state index contributed by atoms with van der Waals surface area (Å²) in [4.78, 5) is 6.77. The number of rotatable bonds is 3. The van der Waals surface area contributed by atoms with Crippen LogP contribution in [0.1, 0.15) is 19.3 Å². The van der Waals surface area contributed by atoms with E-state index in [0.717, 1.165) is 37.3 Å². The summed E-state index contributed by atoms with van der Waals surface area (Å²) >= 11 is 5.80. The third-order valence-corrected chi connectivity index (χ3v) is 3.33.